The summed E-state index contributed by atoms with van der Waals surface area (Å²) in [6.07, 6.45) is 1.89. The molecule has 0 fully saturated rings. The molecular formula is C9H15N3O2. The molecule has 2 N–H and O–H groups in total. The van der Waals surface area contributed by atoms with Crippen LogP contribution in [0, 0.1) is 6.92 Å². The zero-order valence-electron chi connectivity index (χ0n) is 8.61. The van der Waals surface area contributed by atoms with E-state index in [0.717, 1.165) is 11.3 Å². The van der Waals surface area contributed by atoms with Gasteiger partial charge in [0.2, 0.25) is 0 Å². The predicted molar refractivity (Wildman–Crippen MR) is 51.9 cm³/mol. The predicted octanol–water partition coefficient (Wildman–Crippen LogP) is 0.291. The molecule has 5 heteroatoms. The van der Waals surface area contributed by atoms with Crippen LogP contribution in [0.5, 0.6) is 0 Å². The molecule has 0 spiro atoms. The zero-order chi connectivity index (χ0) is 10.7. The van der Waals surface area contributed by atoms with Crippen molar-refractivity contribution < 1.29 is 9.90 Å². The van der Waals surface area contributed by atoms with E-state index >= 15 is 0 Å². The smallest absolute Gasteiger partial charge is 0.320 e. The molecule has 0 aliphatic heterocycles. The van der Waals surface area contributed by atoms with E-state index in [-0.39, 0.29) is 0 Å². The van der Waals surface area contributed by atoms with Crippen molar-refractivity contribution in [2.24, 2.45) is 7.05 Å². The second kappa shape index (κ2) is 4.23. The molecule has 0 saturated heterocycles. The Morgan fingerprint density at radius 2 is 2.43 bits per heavy atom. The van der Waals surface area contributed by atoms with Gasteiger partial charge in [-0.25, -0.2) is 0 Å². The van der Waals surface area contributed by atoms with E-state index in [9.17, 15) is 4.79 Å². The van der Waals surface area contributed by atoms with Crippen molar-refractivity contribution in [3.63, 3.8) is 0 Å². The molecule has 0 aliphatic carbocycles. The fourth-order valence-corrected chi connectivity index (χ4v) is 1.17. The van der Waals surface area contributed by atoms with E-state index in [1.165, 1.54) is 0 Å². The van der Waals surface area contributed by atoms with Gasteiger partial charge in [0.25, 0.3) is 0 Å². The molecule has 0 aliphatic rings. The van der Waals surface area contributed by atoms with Crippen molar-refractivity contribution in [3.05, 3.63) is 17.5 Å². The third-order valence-electron chi connectivity index (χ3n) is 2.08. The van der Waals surface area contributed by atoms with E-state index in [2.05, 4.69) is 10.4 Å². The number of aliphatic carboxylic acids is 1. The molecule has 1 rings (SSSR count). The lowest BCUT2D eigenvalue weighted by Gasteiger charge is -2.07. The van der Waals surface area contributed by atoms with Gasteiger partial charge in [-0.05, 0) is 13.8 Å². The van der Waals surface area contributed by atoms with E-state index in [1.54, 1.807) is 11.6 Å². The van der Waals surface area contributed by atoms with Gasteiger partial charge in [-0.3, -0.25) is 9.48 Å². The van der Waals surface area contributed by atoms with Crippen LogP contribution in [0.15, 0.2) is 6.20 Å². The monoisotopic (exact) mass is 197 g/mol. The number of hydrogen-bond donors (Lipinski definition) is 2. The first-order valence-electron chi connectivity index (χ1n) is 4.46. The highest BCUT2D eigenvalue weighted by atomic mass is 16.4. The summed E-state index contributed by atoms with van der Waals surface area (Å²) in [4.78, 5) is 10.5. The van der Waals surface area contributed by atoms with E-state index in [0.29, 0.717) is 6.54 Å². The van der Waals surface area contributed by atoms with Crippen molar-refractivity contribution in [1.29, 1.82) is 0 Å². The largest absolute Gasteiger partial charge is 0.480 e. The maximum absolute atomic E-state index is 10.5. The van der Waals surface area contributed by atoms with Crippen LogP contribution >= 0.6 is 0 Å². The Labute approximate surface area is 82.7 Å². The van der Waals surface area contributed by atoms with E-state index in [1.807, 2.05) is 20.2 Å². The molecule has 1 heterocycles. The molecule has 78 valence electrons. The fourth-order valence-electron chi connectivity index (χ4n) is 1.17. The van der Waals surface area contributed by atoms with Crippen LogP contribution in [-0.4, -0.2) is 26.9 Å². The lowest BCUT2D eigenvalue weighted by Crippen LogP contribution is -2.33. The number of nitrogens with zero attached hydrogens (tertiary/aromatic N) is 2. The average molecular weight is 197 g/mol. The number of carbonyl (C=O) groups is 1. The number of rotatable bonds is 4. The normalized spacial score (nSPS) is 12.8. The summed E-state index contributed by atoms with van der Waals surface area (Å²) < 4.78 is 1.72. The number of aryl methyl sites for hydroxylation is 2. The van der Waals surface area contributed by atoms with Crippen molar-refractivity contribution in [2.75, 3.05) is 0 Å². The van der Waals surface area contributed by atoms with Crippen molar-refractivity contribution >= 4 is 5.97 Å². The molecule has 5 nitrogen and oxygen atoms in total. The van der Waals surface area contributed by atoms with Crippen LogP contribution in [-0.2, 0) is 18.4 Å². The lowest BCUT2D eigenvalue weighted by atomic mass is 10.2. The van der Waals surface area contributed by atoms with Crippen LogP contribution < -0.4 is 5.32 Å². The Bertz CT molecular complexity index is 333. The Morgan fingerprint density at radius 1 is 1.79 bits per heavy atom. The lowest BCUT2D eigenvalue weighted by molar-refractivity contribution is -0.139. The minimum Gasteiger partial charge on any atom is -0.480 e. The molecule has 0 aromatic carbocycles. The van der Waals surface area contributed by atoms with E-state index < -0.39 is 12.0 Å². The molecular weight excluding hydrogens is 182 g/mol. The zero-order valence-corrected chi connectivity index (χ0v) is 8.61. The van der Waals surface area contributed by atoms with Crippen LogP contribution in [0.4, 0.5) is 0 Å². The first kappa shape index (κ1) is 10.7. The highest BCUT2D eigenvalue weighted by Gasteiger charge is 2.10. The van der Waals surface area contributed by atoms with Crippen LogP contribution in [0.1, 0.15) is 18.2 Å². The Kier molecular flexibility index (Phi) is 3.24. The van der Waals surface area contributed by atoms with Crippen molar-refractivity contribution in [1.82, 2.24) is 15.1 Å². The van der Waals surface area contributed by atoms with E-state index in [4.69, 9.17) is 5.11 Å². The molecule has 0 amide bonds. The number of hydrogen-bond acceptors (Lipinski definition) is 3. The second-order valence-corrected chi connectivity index (χ2v) is 3.35. The molecule has 0 saturated carbocycles. The van der Waals surface area contributed by atoms with Crippen LogP contribution in [0.3, 0.4) is 0 Å². The summed E-state index contributed by atoms with van der Waals surface area (Å²) in [5.74, 6) is -0.841. The summed E-state index contributed by atoms with van der Waals surface area (Å²) in [5.41, 5.74) is 1.96. The fraction of sp³-hybridized carbons (Fsp3) is 0.556. The van der Waals surface area contributed by atoms with Gasteiger partial charge in [0.15, 0.2) is 0 Å². The molecule has 0 radical (unpaired) electrons. The van der Waals surface area contributed by atoms with Gasteiger partial charge in [-0.1, -0.05) is 0 Å². The standard InChI is InChI=1S/C9H15N3O2/c1-6-8(5-12(3)11-6)4-10-7(2)9(13)14/h5,7,10H,4H2,1-3H3,(H,13,14). The third kappa shape index (κ3) is 2.56. The van der Waals surface area contributed by atoms with Gasteiger partial charge < -0.3 is 10.4 Å². The second-order valence-electron chi connectivity index (χ2n) is 3.35. The Morgan fingerprint density at radius 3 is 2.86 bits per heavy atom. The Balaban J connectivity index is 2.53. The molecule has 14 heavy (non-hydrogen) atoms. The summed E-state index contributed by atoms with van der Waals surface area (Å²) in [6, 6.07) is -0.533. The maximum atomic E-state index is 10.5. The third-order valence-corrected chi connectivity index (χ3v) is 2.08. The van der Waals surface area contributed by atoms with Crippen LogP contribution in [0.25, 0.3) is 0 Å². The average Bonchev–Trinajstić information content (AvgIpc) is 2.40. The number of aromatic nitrogens is 2. The van der Waals surface area contributed by atoms with Gasteiger partial charge in [-0.2, -0.15) is 5.10 Å². The minimum absolute atomic E-state index is 0.533. The summed E-state index contributed by atoms with van der Waals surface area (Å²) in [5, 5.41) is 15.7. The minimum atomic E-state index is -0.841. The van der Waals surface area contributed by atoms with Crippen LogP contribution in [0.2, 0.25) is 0 Å². The highest BCUT2D eigenvalue weighted by Crippen LogP contribution is 2.03. The quantitative estimate of drug-likeness (QED) is 0.728. The highest BCUT2D eigenvalue weighted by molar-refractivity contribution is 5.72. The first-order chi connectivity index (χ1) is 6.50. The first-order valence-corrected chi connectivity index (χ1v) is 4.46. The molecule has 0 bridgehead atoms. The molecule has 1 atom stereocenters. The van der Waals surface area contributed by atoms with Gasteiger partial charge in [0.05, 0.1) is 5.69 Å². The van der Waals surface area contributed by atoms with Gasteiger partial charge >= 0.3 is 5.97 Å². The van der Waals surface area contributed by atoms with Gasteiger partial charge in [0.1, 0.15) is 6.04 Å². The Hall–Kier alpha value is -1.36. The molecule has 1 unspecified atom stereocenters. The molecule has 1 aromatic rings. The molecule has 1 aromatic heterocycles. The van der Waals surface area contributed by atoms with Crippen molar-refractivity contribution in [3.8, 4) is 0 Å². The summed E-state index contributed by atoms with van der Waals surface area (Å²) >= 11 is 0. The SMILES string of the molecule is Cc1nn(C)cc1CNC(C)C(=O)O. The maximum Gasteiger partial charge on any atom is 0.320 e. The summed E-state index contributed by atoms with van der Waals surface area (Å²) in [7, 11) is 1.84. The van der Waals surface area contributed by atoms with Gasteiger partial charge in [0, 0.05) is 25.4 Å². The summed E-state index contributed by atoms with van der Waals surface area (Å²) in [6.45, 7) is 4.06. The number of carboxylic acid groups (broad SMARTS) is 1. The number of nitrogens with one attached hydrogen (secondary N) is 1. The number of carboxylic acids is 1. The van der Waals surface area contributed by atoms with Crippen molar-refractivity contribution in [2.45, 2.75) is 26.4 Å². The topological polar surface area (TPSA) is 67.2 Å². The van der Waals surface area contributed by atoms with Gasteiger partial charge in [-0.15, -0.1) is 0 Å².